The highest BCUT2D eigenvalue weighted by molar-refractivity contribution is 5.94. The summed E-state index contributed by atoms with van der Waals surface area (Å²) in [5.41, 5.74) is 6.63. The number of allylic oxidation sites excluding steroid dienone is 1. The average molecular weight is 204 g/mol. The van der Waals surface area contributed by atoms with Gasteiger partial charge in [0.2, 0.25) is 0 Å². The molecule has 0 saturated heterocycles. The molecule has 0 aliphatic heterocycles. The number of rotatable bonds is 3. The van der Waals surface area contributed by atoms with Crippen molar-refractivity contribution in [1.29, 1.82) is 0 Å². The van der Waals surface area contributed by atoms with Gasteiger partial charge >= 0.3 is 5.97 Å². The second-order valence-corrected chi connectivity index (χ2v) is 2.99. The van der Waals surface area contributed by atoms with Gasteiger partial charge in [0, 0.05) is 6.21 Å². The van der Waals surface area contributed by atoms with Crippen LogP contribution in [0.5, 0.6) is 0 Å². The number of benzene rings is 1. The van der Waals surface area contributed by atoms with Crippen LogP contribution in [-0.4, -0.2) is 17.3 Å². The maximum atomic E-state index is 10.9. The van der Waals surface area contributed by atoms with Crippen LogP contribution in [0.2, 0.25) is 0 Å². The van der Waals surface area contributed by atoms with E-state index in [9.17, 15) is 4.79 Å². The SMILES string of the molecule is Cc1ccc(N=CC=CN)c(C(=O)O)c1. The number of aryl methyl sites for hydroxylation is 1. The molecule has 0 radical (unpaired) electrons. The molecule has 4 heteroatoms. The molecule has 3 N–H and O–H groups in total. The fourth-order valence-corrected chi connectivity index (χ4v) is 1.11. The van der Waals surface area contributed by atoms with Crippen LogP contribution < -0.4 is 5.73 Å². The van der Waals surface area contributed by atoms with E-state index in [0.29, 0.717) is 5.69 Å². The van der Waals surface area contributed by atoms with Crippen LogP contribution >= 0.6 is 0 Å². The van der Waals surface area contributed by atoms with E-state index < -0.39 is 5.97 Å². The van der Waals surface area contributed by atoms with Crippen LogP contribution in [-0.2, 0) is 0 Å². The zero-order valence-corrected chi connectivity index (χ0v) is 8.34. The molecule has 1 rings (SSSR count). The molecular formula is C11H12N2O2. The molecule has 4 nitrogen and oxygen atoms in total. The summed E-state index contributed by atoms with van der Waals surface area (Å²) >= 11 is 0. The van der Waals surface area contributed by atoms with E-state index in [4.69, 9.17) is 10.8 Å². The number of carbonyl (C=O) groups is 1. The van der Waals surface area contributed by atoms with Crippen molar-refractivity contribution in [3.05, 3.63) is 41.6 Å². The van der Waals surface area contributed by atoms with Crippen molar-refractivity contribution in [2.24, 2.45) is 10.7 Å². The molecule has 0 aliphatic carbocycles. The summed E-state index contributed by atoms with van der Waals surface area (Å²) in [4.78, 5) is 14.9. The Morgan fingerprint density at radius 2 is 2.27 bits per heavy atom. The van der Waals surface area contributed by atoms with Gasteiger partial charge in [-0.05, 0) is 31.3 Å². The summed E-state index contributed by atoms with van der Waals surface area (Å²) in [5, 5.41) is 8.93. The lowest BCUT2D eigenvalue weighted by Crippen LogP contribution is -1.97. The summed E-state index contributed by atoms with van der Waals surface area (Å²) in [5.74, 6) is -0.984. The van der Waals surface area contributed by atoms with Crippen LogP contribution in [0.15, 0.2) is 35.5 Å². The van der Waals surface area contributed by atoms with Crippen molar-refractivity contribution in [2.45, 2.75) is 6.92 Å². The molecule has 78 valence electrons. The first kappa shape index (κ1) is 11.0. The molecule has 1 aromatic rings. The van der Waals surface area contributed by atoms with Crippen LogP contribution in [0.4, 0.5) is 5.69 Å². The first-order valence-corrected chi connectivity index (χ1v) is 4.40. The van der Waals surface area contributed by atoms with E-state index >= 15 is 0 Å². The Balaban J connectivity index is 3.11. The molecule has 0 unspecified atom stereocenters. The third kappa shape index (κ3) is 2.95. The van der Waals surface area contributed by atoms with Crippen molar-refractivity contribution >= 4 is 17.9 Å². The lowest BCUT2D eigenvalue weighted by Gasteiger charge is -2.01. The molecule has 1 aromatic carbocycles. The van der Waals surface area contributed by atoms with E-state index in [-0.39, 0.29) is 5.56 Å². The molecule has 0 heterocycles. The molecule has 0 aliphatic rings. The van der Waals surface area contributed by atoms with E-state index in [1.165, 1.54) is 18.5 Å². The third-order valence-electron chi connectivity index (χ3n) is 1.79. The van der Waals surface area contributed by atoms with Gasteiger partial charge in [-0.2, -0.15) is 0 Å². The predicted octanol–water partition coefficient (Wildman–Crippen LogP) is 1.87. The minimum atomic E-state index is -0.984. The first-order valence-electron chi connectivity index (χ1n) is 4.40. The fraction of sp³-hybridized carbons (Fsp3) is 0.0909. The highest BCUT2D eigenvalue weighted by Gasteiger charge is 2.08. The van der Waals surface area contributed by atoms with Crippen molar-refractivity contribution in [1.82, 2.24) is 0 Å². The van der Waals surface area contributed by atoms with Crippen molar-refractivity contribution in [2.75, 3.05) is 0 Å². The van der Waals surface area contributed by atoms with Gasteiger partial charge in [-0.1, -0.05) is 11.6 Å². The minimum absolute atomic E-state index is 0.191. The highest BCUT2D eigenvalue weighted by Crippen LogP contribution is 2.20. The number of aromatic carboxylic acids is 1. The molecule has 0 atom stereocenters. The van der Waals surface area contributed by atoms with E-state index in [0.717, 1.165) is 5.56 Å². The minimum Gasteiger partial charge on any atom is -0.478 e. The molecule has 0 amide bonds. The predicted molar refractivity (Wildman–Crippen MR) is 59.6 cm³/mol. The van der Waals surface area contributed by atoms with E-state index in [1.54, 1.807) is 12.1 Å². The highest BCUT2D eigenvalue weighted by atomic mass is 16.4. The molecule has 0 spiro atoms. The summed E-state index contributed by atoms with van der Waals surface area (Å²) < 4.78 is 0. The Labute approximate surface area is 87.8 Å². The normalized spacial score (nSPS) is 11.3. The largest absolute Gasteiger partial charge is 0.478 e. The first-order chi connectivity index (χ1) is 7.15. The third-order valence-corrected chi connectivity index (χ3v) is 1.79. The summed E-state index contributed by atoms with van der Waals surface area (Å²) in [6, 6.07) is 5.06. The van der Waals surface area contributed by atoms with Gasteiger partial charge in [0.15, 0.2) is 0 Å². The van der Waals surface area contributed by atoms with Crippen LogP contribution in [0.1, 0.15) is 15.9 Å². The van der Waals surface area contributed by atoms with Crippen LogP contribution in [0, 0.1) is 6.92 Å². The zero-order valence-electron chi connectivity index (χ0n) is 8.34. The van der Waals surface area contributed by atoms with Crippen molar-refractivity contribution in [3.63, 3.8) is 0 Å². The Morgan fingerprint density at radius 1 is 1.53 bits per heavy atom. The summed E-state index contributed by atoms with van der Waals surface area (Å²) in [6.45, 7) is 1.83. The molecular weight excluding hydrogens is 192 g/mol. The van der Waals surface area contributed by atoms with Crippen molar-refractivity contribution < 1.29 is 9.90 Å². The van der Waals surface area contributed by atoms with Gasteiger partial charge < -0.3 is 10.8 Å². The van der Waals surface area contributed by atoms with Crippen molar-refractivity contribution in [3.8, 4) is 0 Å². The standard InChI is InChI=1S/C11H12N2O2/c1-8-3-4-10(13-6-2-5-12)9(7-8)11(14)15/h2-7H,12H2,1H3,(H,14,15). The Morgan fingerprint density at radius 3 is 2.87 bits per heavy atom. The number of aliphatic imine (C=N–C) groups is 1. The number of carboxylic acids is 1. The zero-order chi connectivity index (χ0) is 11.3. The maximum absolute atomic E-state index is 10.9. The topological polar surface area (TPSA) is 75.7 Å². The second kappa shape index (κ2) is 4.95. The summed E-state index contributed by atoms with van der Waals surface area (Å²) in [6.07, 6.45) is 4.32. The van der Waals surface area contributed by atoms with Gasteiger partial charge in [-0.15, -0.1) is 0 Å². The Bertz CT molecular complexity index is 423. The molecule has 15 heavy (non-hydrogen) atoms. The van der Waals surface area contributed by atoms with Gasteiger partial charge in [0.05, 0.1) is 11.3 Å². The molecule has 0 aromatic heterocycles. The monoisotopic (exact) mass is 204 g/mol. The quantitative estimate of drug-likeness (QED) is 0.738. The molecule has 0 saturated carbocycles. The van der Waals surface area contributed by atoms with E-state index in [2.05, 4.69) is 4.99 Å². The number of hydrogen-bond acceptors (Lipinski definition) is 3. The molecule has 0 fully saturated rings. The number of nitrogens with two attached hydrogens (primary N) is 1. The number of nitrogens with zero attached hydrogens (tertiary/aromatic N) is 1. The lowest BCUT2D eigenvalue weighted by molar-refractivity contribution is 0.0697. The fourth-order valence-electron chi connectivity index (χ4n) is 1.11. The number of hydrogen-bond donors (Lipinski definition) is 2. The summed E-state index contributed by atoms with van der Waals surface area (Å²) in [7, 11) is 0. The average Bonchev–Trinajstić information content (AvgIpc) is 2.20. The molecule has 0 bridgehead atoms. The van der Waals surface area contributed by atoms with Crippen LogP contribution in [0.25, 0.3) is 0 Å². The van der Waals surface area contributed by atoms with Gasteiger partial charge in [-0.25, -0.2) is 4.79 Å². The maximum Gasteiger partial charge on any atom is 0.337 e. The Kier molecular flexibility index (Phi) is 3.62. The smallest absolute Gasteiger partial charge is 0.337 e. The van der Waals surface area contributed by atoms with Gasteiger partial charge in [-0.3, -0.25) is 4.99 Å². The van der Waals surface area contributed by atoms with Gasteiger partial charge in [0.1, 0.15) is 0 Å². The second-order valence-electron chi connectivity index (χ2n) is 2.99. The van der Waals surface area contributed by atoms with Crippen LogP contribution in [0.3, 0.4) is 0 Å². The van der Waals surface area contributed by atoms with Gasteiger partial charge in [0.25, 0.3) is 0 Å². The Hall–Kier alpha value is -2.10. The lowest BCUT2D eigenvalue weighted by atomic mass is 10.1. The number of carboxylic acid groups (broad SMARTS) is 1. The van der Waals surface area contributed by atoms with E-state index in [1.807, 2.05) is 13.0 Å².